The minimum Gasteiger partial charge on any atom is -0.393 e. The lowest BCUT2D eigenvalue weighted by Gasteiger charge is -2.64. The van der Waals surface area contributed by atoms with Gasteiger partial charge in [0.1, 0.15) is 6.10 Å². The lowest BCUT2D eigenvalue weighted by Crippen LogP contribution is -2.58. The van der Waals surface area contributed by atoms with Crippen LogP contribution in [0, 0.1) is 45.3 Å². The maximum Gasteiger partial charge on any atom is 0.113 e. The summed E-state index contributed by atoms with van der Waals surface area (Å²) in [4.78, 5) is 0. The van der Waals surface area contributed by atoms with Crippen LogP contribution in [0.3, 0.4) is 0 Å². The van der Waals surface area contributed by atoms with E-state index in [-0.39, 0.29) is 34.7 Å². The molecule has 2 unspecified atom stereocenters. The maximum absolute atomic E-state index is 10.9. The van der Waals surface area contributed by atoms with Crippen molar-refractivity contribution in [1.82, 2.24) is 0 Å². The molecule has 0 amide bonds. The summed E-state index contributed by atoms with van der Waals surface area (Å²) >= 11 is 0. The second-order valence-electron chi connectivity index (χ2n) is 14.7. The fraction of sp³-hybridized carbons (Fsp3) is 0.933. The van der Waals surface area contributed by atoms with Gasteiger partial charge in [-0.3, -0.25) is 0 Å². The quantitative estimate of drug-likeness (QED) is 0.372. The topological polar surface area (TPSA) is 53.0 Å². The molecular weight excluding hydrogens is 408 g/mol. The van der Waals surface area contributed by atoms with Crippen molar-refractivity contribution in [2.24, 2.45) is 45.3 Å². The third kappa shape index (κ3) is 3.23. The van der Waals surface area contributed by atoms with E-state index in [1.54, 1.807) is 5.57 Å². The van der Waals surface area contributed by atoms with Gasteiger partial charge in [-0.15, -0.1) is 0 Å². The highest BCUT2D eigenvalue weighted by atomic mass is 16.6. The zero-order valence-electron chi connectivity index (χ0n) is 22.6. The van der Waals surface area contributed by atoms with Gasteiger partial charge in [0.25, 0.3) is 0 Å². The van der Waals surface area contributed by atoms with Crippen molar-refractivity contribution in [3.05, 3.63) is 11.6 Å². The van der Waals surface area contributed by atoms with Crippen molar-refractivity contribution in [3.8, 4) is 0 Å². The summed E-state index contributed by atoms with van der Waals surface area (Å²) in [5.74, 6) is 2.42. The lowest BCUT2D eigenvalue weighted by atomic mass is 9.41. The number of aliphatic hydroxyl groups excluding tert-OH is 2. The Hall–Kier alpha value is -0.380. The van der Waals surface area contributed by atoms with Crippen LogP contribution in [0.15, 0.2) is 11.6 Å². The average molecular weight is 459 g/mol. The van der Waals surface area contributed by atoms with E-state index in [0.717, 1.165) is 19.3 Å². The van der Waals surface area contributed by atoms with Crippen molar-refractivity contribution < 1.29 is 14.9 Å². The zero-order chi connectivity index (χ0) is 24.2. The summed E-state index contributed by atoms with van der Waals surface area (Å²) < 4.78 is 5.76. The number of ether oxygens (including phenoxy) is 1. The molecule has 33 heavy (non-hydrogen) atoms. The SMILES string of the molecule is C[C@@H](CC(O)C1OC1(C)C)[C@@H]1CC[C@]2(C)C3=CC[C@H]4C(C)(C)[C@@H](O)CC[C@]4(C)[C@H]3CC[C@@]12C. The summed E-state index contributed by atoms with van der Waals surface area (Å²) in [6.07, 6.45) is 11.4. The van der Waals surface area contributed by atoms with Gasteiger partial charge in [-0.05, 0) is 111 Å². The van der Waals surface area contributed by atoms with Crippen molar-refractivity contribution in [1.29, 1.82) is 0 Å². The third-order valence-corrected chi connectivity index (χ3v) is 12.6. The van der Waals surface area contributed by atoms with Gasteiger partial charge >= 0.3 is 0 Å². The molecule has 1 aliphatic heterocycles. The number of hydrogen-bond acceptors (Lipinski definition) is 3. The molecule has 5 aliphatic rings. The van der Waals surface area contributed by atoms with Gasteiger partial charge in [-0.1, -0.05) is 53.2 Å². The summed E-state index contributed by atoms with van der Waals surface area (Å²) in [5.41, 5.74) is 2.50. The van der Waals surface area contributed by atoms with Crippen LogP contribution in [0.2, 0.25) is 0 Å². The van der Waals surface area contributed by atoms with Crippen molar-refractivity contribution in [3.63, 3.8) is 0 Å². The summed E-state index contributed by atoms with van der Waals surface area (Å²) in [6.45, 7) is 19.0. The Bertz CT molecular complexity index is 828. The van der Waals surface area contributed by atoms with E-state index in [1.807, 2.05) is 0 Å². The summed E-state index contributed by atoms with van der Waals surface area (Å²) in [7, 11) is 0. The van der Waals surface area contributed by atoms with Gasteiger partial charge in [-0.2, -0.15) is 0 Å². The number of hydrogen-bond donors (Lipinski definition) is 2. The van der Waals surface area contributed by atoms with Crippen LogP contribution in [-0.4, -0.2) is 34.1 Å². The van der Waals surface area contributed by atoms with Gasteiger partial charge in [-0.25, -0.2) is 0 Å². The fourth-order valence-corrected chi connectivity index (χ4v) is 10.2. The fourth-order valence-electron chi connectivity index (χ4n) is 10.2. The first-order valence-electron chi connectivity index (χ1n) is 13.9. The van der Waals surface area contributed by atoms with Crippen LogP contribution < -0.4 is 0 Å². The first-order valence-corrected chi connectivity index (χ1v) is 13.9. The van der Waals surface area contributed by atoms with Crippen LogP contribution in [0.25, 0.3) is 0 Å². The van der Waals surface area contributed by atoms with E-state index in [2.05, 4.69) is 61.5 Å². The normalized spacial score (nSPS) is 51.6. The average Bonchev–Trinajstić information content (AvgIpc) is 3.26. The van der Waals surface area contributed by atoms with Crippen molar-refractivity contribution in [2.45, 2.75) is 131 Å². The second-order valence-corrected chi connectivity index (χ2v) is 14.7. The molecule has 0 aromatic heterocycles. The molecule has 1 saturated heterocycles. The van der Waals surface area contributed by atoms with Crippen molar-refractivity contribution >= 4 is 0 Å². The Labute approximate surface area is 202 Å². The van der Waals surface area contributed by atoms with Gasteiger partial charge in [0, 0.05) is 0 Å². The second kappa shape index (κ2) is 7.32. The number of epoxide rings is 1. The minimum absolute atomic E-state index is 0.00178. The molecule has 2 N–H and O–H groups in total. The third-order valence-electron chi connectivity index (χ3n) is 12.6. The summed E-state index contributed by atoms with van der Waals surface area (Å²) in [5, 5.41) is 21.7. The van der Waals surface area contributed by atoms with E-state index in [4.69, 9.17) is 4.74 Å². The summed E-state index contributed by atoms with van der Waals surface area (Å²) in [6, 6.07) is 0. The molecule has 3 heteroatoms. The van der Waals surface area contributed by atoms with Crippen LogP contribution >= 0.6 is 0 Å². The van der Waals surface area contributed by atoms with Crippen LogP contribution in [0.4, 0.5) is 0 Å². The molecule has 4 fully saturated rings. The first kappa shape index (κ1) is 24.3. The Morgan fingerprint density at radius 1 is 1.00 bits per heavy atom. The van der Waals surface area contributed by atoms with Crippen LogP contribution in [-0.2, 0) is 4.74 Å². The van der Waals surface area contributed by atoms with Gasteiger partial charge < -0.3 is 14.9 Å². The molecule has 3 saturated carbocycles. The lowest BCUT2D eigenvalue weighted by molar-refractivity contribution is -0.131. The molecule has 0 aromatic rings. The molecule has 0 spiro atoms. The van der Waals surface area contributed by atoms with E-state index in [9.17, 15) is 10.2 Å². The Kier molecular flexibility index (Phi) is 5.40. The Balaban J connectivity index is 1.40. The van der Waals surface area contributed by atoms with E-state index >= 15 is 0 Å². The molecule has 1 heterocycles. The maximum atomic E-state index is 10.9. The zero-order valence-corrected chi connectivity index (χ0v) is 22.6. The molecule has 0 aromatic carbocycles. The van der Waals surface area contributed by atoms with E-state index in [0.29, 0.717) is 34.5 Å². The minimum atomic E-state index is -0.341. The molecule has 0 bridgehead atoms. The smallest absolute Gasteiger partial charge is 0.113 e. The van der Waals surface area contributed by atoms with Gasteiger partial charge in [0.2, 0.25) is 0 Å². The van der Waals surface area contributed by atoms with Crippen molar-refractivity contribution in [2.75, 3.05) is 0 Å². The highest BCUT2D eigenvalue weighted by Crippen LogP contribution is 2.73. The van der Waals surface area contributed by atoms with Crippen LogP contribution in [0.5, 0.6) is 0 Å². The molecule has 5 rings (SSSR count). The largest absolute Gasteiger partial charge is 0.393 e. The number of allylic oxidation sites excluding steroid dienone is 2. The van der Waals surface area contributed by atoms with Crippen LogP contribution in [0.1, 0.15) is 107 Å². The molecular formula is C30H50O3. The predicted molar refractivity (Wildman–Crippen MR) is 134 cm³/mol. The Morgan fingerprint density at radius 2 is 1.67 bits per heavy atom. The van der Waals surface area contributed by atoms with E-state index < -0.39 is 0 Å². The van der Waals surface area contributed by atoms with Gasteiger partial charge in [0.05, 0.1) is 17.8 Å². The number of fused-ring (bicyclic) bond motifs is 5. The molecule has 10 atom stereocenters. The highest BCUT2D eigenvalue weighted by Gasteiger charge is 2.65. The monoisotopic (exact) mass is 458 g/mol. The Morgan fingerprint density at radius 3 is 2.30 bits per heavy atom. The first-order chi connectivity index (χ1) is 15.2. The molecule has 188 valence electrons. The highest BCUT2D eigenvalue weighted by molar-refractivity contribution is 5.33. The van der Waals surface area contributed by atoms with E-state index in [1.165, 1.54) is 32.1 Å². The molecule has 4 aliphatic carbocycles. The number of aliphatic hydroxyl groups is 2. The number of rotatable bonds is 4. The predicted octanol–water partition coefficient (Wildman–Crippen LogP) is 6.52. The molecule has 3 nitrogen and oxygen atoms in total. The standard InChI is InChI=1S/C30H50O3/c1-18(17-22(31)25-27(4,5)33-25)19-11-15-30(8)21-9-10-23-26(2,3)24(32)13-14-28(23,6)20(21)12-16-29(19,30)7/h9,18-20,22-25,31-32H,10-17H2,1-8H3/t18-,19-,20-,22?,23-,24-,25?,28+,29-,30+/m0/s1. The van der Waals surface area contributed by atoms with Gasteiger partial charge in [0.15, 0.2) is 0 Å². The molecule has 0 radical (unpaired) electrons.